The first-order chi connectivity index (χ1) is 7.86. The van der Waals surface area contributed by atoms with Gasteiger partial charge < -0.3 is 10.6 Å². The molecule has 0 aliphatic carbocycles. The Hall–Kier alpha value is -1.13. The standard InChI is InChI=1S/C12H20N4/c1-11(16-8-6-13-7-9-16)10-15-12-4-2-3-5-14-12/h2-5,11,13H,6-10H2,1H3,(H,14,15). The van der Waals surface area contributed by atoms with Crippen LogP contribution in [0.4, 0.5) is 5.82 Å². The summed E-state index contributed by atoms with van der Waals surface area (Å²) in [5.41, 5.74) is 0. The molecule has 0 aromatic carbocycles. The van der Waals surface area contributed by atoms with E-state index in [9.17, 15) is 0 Å². The van der Waals surface area contributed by atoms with Crippen LogP contribution in [0.15, 0.2) is 24.4 Å². The summed E-state index contributed by atoms with van der Waals surface area (Å²) in [5, 5.41) is 6.74. The lowest BCUT2D eigenvalue weighted by Crippen LogP contribution is -2.49. The van der Waals surface area contributed by atoms with E-state index in [1.165, 1.54) is 0 Å². The molecule has 2 heterocycles. The Kier molecular flexibility index (Phi) is 4.13. The van der Waals surface area contributed by atoms with Gasteiger partial charge in [-0.15, -0.1) is 0 Å². The van der Waals surface area contributed by atoms with Crippen LogP contribution in [-0.4, -0.2) is 48.6 Å². The zero-order valence-electron chi connectivity index (χ0n) is 9.82. The molecule has 1 aromatic heterocycles. The molecule has 0 radical (unpaired) electrons. The maximum Gasteiger partial charge on any atom is 0.125 e. The van der Waals surface area contributed by atoms with Gasteiger partial charge in [-0.1, -0.05) is 6.07 Å². The van der Waals surface area contributed by atoms with E-state index in [-0.39, 0.29) is 0 Å². The van der Waals surface area contributed by atoms with Crippen molar-refractivity contribution < 1.29 is 0 Å². The summed E-state index contributed by atoms with van der Waals surface area (Å²) in [4.78, 5) is 6.76. The number of aromatic nitrogens is 1. The third kappa shape index (κ3) is 3.18. The molecular weight excluding hydrogens is 200 g/mol. The minimum Gasteiger partial charge on any atom is -0.369 e. The number of anilines is 1. The maximum atomic E-state index is 4.25. The molecule has 2 N–H and O–H groups in total. The van der Waals surface area contributed by atoms with Crippen molar-refractivity contribution in [2.45, 2.75) is 13.0 Å². The van der Waals surface area contributed by atoms with Crippen molar-refractivity contribution in [2.75, 3.05) is 38.0 Å². The van der Waals surface area contributed by atoms with E-state index in [1.807, 2.05) is 24.4 Å². The molecular formula is C12H20N4. The first-order valence-corrected chi connectivity index (χ1v) is 5.96. The fourth-order valence-electron chi connectivity index (χ4n) is 1.97. The van der Waals surface area contributed by atoms with Crippen molar-refractivity contribution >= 4 is 5.82 Å². The highest BCUT2D eigenvalue weighted by Gasteiger charge is 2.15. The lowest BCUT2D eigenvalue weighted by molar-refractivity contribution is 0.191. The SMILES string of the molecule is CC(CNc1ccccn1)N1CCNCC1. The number of pyridine rings is 1. The van der Waals surface area contributed by atoms with Gasteiger partial charge in [0.25, 0.3) is 0 Å². The van der Waals surface area contributed by atoms with Gasteiger partial charge >= 0.3 is 0 Å². The highest BCUT2D eigenvalue weighted by atomic mass is 15.2. The number of nitrogens with zero attached hydrogens (tertiary/aromatic N) is 2. The molecule has 4 nitrogen and oxygen atoms in total. The van der Waals surface area contributed by atoms with Crippen LogP contribution >= 0.6 is 0 Å². The molecule has 4 heteroatoms. The molecule has 1 saturated heterocycles. The van der Waals surface area contributed by atoms with E-state index < -0.39 is 0 Å². The Morgan fingerprint density at radius 1 is 1.44 bits per heavy atom. The molecule has 88 valence electrons. The third-order valence-electron chi connectivity index (χ3n) is 3.02. The average Bonchev–Trinajstić information content (AvgIpc) is 2.38. The molecule has 1 aromatic rings. The molecule has 0 saturated carbocycles. The van der Waals surface area contributed by atoms with Crippen LogP contribution in [0.2, 0.25) is 0 Å². The van der Waals surface area contributed by atoms with Crippen LogP contribution < -0.4 is 10.6 Å². The van der Waals surface area contributed by atoms with Gasteiger partial charge in [0, 0.05) is 45.0 Å². The van der Waals surface area contributed by atoms with Crippen molar-refractivity contribution in [1.82, 2.24) is 15.2 Å². The Balaban J connectivity index is 1.76. The highest BCUT2D eigenvalue weighted by molar-refractivity contribution is 5.33. The van der Waals surface area contributed by atoms with Crippen molar-refractivity contribution in [1.29, 1.82) is 0 Å². The van der Waals surface area contributed by atoms with Crippen molar-refractivity contribution in [3.05, 3.63) is 24.4 Å². The average molecular weight is 220 g/mol. The van der Waals surface area contributed by atoms with Crippen LogP contribution in [0, 0.1) is 0 Å². The van der Waals surface area contributed by atoms with E-state index in [0.717, 1.165) is 38.5 Å². The second kappa shape index (κ2) is 5.82. The summed E-state index contributed by atoms with van der Waals surface area (Å²) >= 11 is 0. The highest BCUT2D eigenvalue weighted by Crippen LogP contribution is 2.04. The topological polar surface area (TPSA) is 40.2 Å². The van der Waals surface area contributed by atoms with Crippen LogP contribution in [0.5, 0.6) is 0 Å². The predicted octanol–water partition coefficient (Wildman–Crippen LogP) is 0.787. The van der Waals surface area contributed by atoms with Crippen LogP contribution in [0.3, 0.4) is 0 Å². The summed E-state index contributed by atoms with van der Waals surface area (Å²) in [5.74, 6) is 0.962. The molecule has 2 rings (SSSR count). The van der Waals surface area contributed by atoms with Crippen molar-refractivity contribution in [3.8, 4) is 0 Å². The predicted molar refractivity (Wildman–Crippen MR) is 66.6 cm³/mol. The van der Waals surface area contributed by atoms with Gasteiger partial charge in [0.1, 0.15) is 5.82 Å². The van der Waals surface area contributed by atoms with E-state index in [4.69, 9.17) is 0 Å². The van der Waals surface area contributed by atoms with Gasteiger partial charge in [-0.3, -0.25) is 4.90 Å². The smallest absolute Gasteiger partial charge is 0.125 e. The van der Waals surface area contributed by atoms with E-state index in [1.54, 1.807) is 0 Å². The number of nitrogens with one attached hydrogen (secondary N) is 2. The zero-order chi connectivity index (χ0) is 11.2. The van der Waals surface area contributed by atoms with E-state index in [0.29, 0.717) is 6.04 Å². The van der Waals surface area contributed by atoms with Gasteiger partial charge in [-0.05, 0) is 19.1 Å². The minimum absolute atomic E-state index is 0.559. The first kappa shape index (κ1) is 11.4. The summed E-state index contributed by atoms with van der Waals surface area (Å²) in [7, 11) is 0. The first-order valence-electron chi connectivity index (χ1n) is 5.96. The van der Waals surface area contributed by atoms with Crippen molar-refractivity contribution in [2.24, 2.45) is 0 Å². The van der Waals surface area contributed by atoms with Crippen LogP contribution in [-0.2, 0) is 0 Å². The number of rotatable bonds is 4. The van der Waals surface area contributed by atoms with Gasteiger partial charge in [-0.2, -0.15) is 0 Å². The molecule has 1 unspecified atom stereocenters. The third-order valence-corrected chi connectivity index (χ3v) is 3.02. The van der Waals surface area contributed by atoms with Gasteiger partial charge in [0.2, 0.25) is 0 Å². The largest absolute Gasteiger partial charge is 0.369 e. The summed E-state index contributed by atoms with van der Waals surface area (Å²) in [6, 6.07) is 6.50. The molecule has 1 fully saturated rings. The molecule has 0 bridgehead atoms. The maximum absolute atomic E-state index is 4.25. The molecule has 1 atom stereocenters. The van der Waals surface area contributed by atoms with Crippen LogP contribution in [0.25, 0.3) is 0 Å². The molecule has 1 aliphatic heterocycles. The van der Waals surface area contributed by atoms with E-state index >= 15 is 0 Å². The molecule has 0 amide bonds. The van der Waals surface area contributed by atoms with Gasteiger partial charge in [0.15, 0.2) is 0 Å². The lowest BCUT2D eigenvalue weighted by atomic mass is 10.2. The Morgan fingerprint density at radius 2 is 2.25 bits per heavy atom. The minimum atomic E-state index is 0.559. The second-order valence-corrected chi connectivity index (χ2v) is 4.23. The van der Waals surface area contributed by atoms with Crippen LogP contribution in [0.1, 0.15) is 6.92 Å². The van der Waals surface area contributed by atoms with Crippen molar-refractivity contribution in [3.63, 3.8) is 0 Å². The molecule has 16 heavy (non-hydrogen) atoms. The Labute approximate surface area is 97.1 Å². The Morgan fingerprint density at radius 3 is 2.94 bits per heavy atom. The summed E-state index contributed by atoms with van der Waals surface area (Å²) < 4.78 is 0. The number of piperazine rings is 1. The van der Waals surface area contributed by atoms with Gasteiger partial charge in [-0.25, -0.2) is 4.98 Å². The quantitative estimate of drug-likeness (QED) is 0.787. The fraction of sp³-hybridized carbons (Fsp3) is 0.583. The number of hydrogen-bond donors (Lipinski definition) is 2. The van der Waals surface area contributed by atoms with Gasteiger partial charge in [0.05, 0.1) is 0 Å². The lowest BCUT2D eigenvalue weighted by Gasteiger charge is -2.32. The molecule has 0 spiro atoms. The second-order valence-electron chi connectivity index (χ2n) is 4.23. The Bertz CT molecular complexity index is 295. The zero-order valence-corrected chi connectivity index (χ0v) is 9.82. The fourth-order valence-corrected chi connectivity index (χ4v) is 1.97. The number of hydrogen-bond acceptors (Lipinski definition) is 4. The normalized spacial score (nSPS) is 19.3. The van der Waals surface area contributed by atoms with E-state index in [2.05, 4.69) is 27.4 Å². The monoisotopic (exact) mass is 220 g/mol. The molecule has 1 aliphatic rings. The summed E-state index contributed by atoms with van der Waals surface area (Å²) in [6.45, 7) is 7.72. The summed E-state index contributed by atoms with van der Waals surface area (Å²) in [6.07, 6.45) is 1.82.